The zero-order valence-corrected chi connectivity index (χ0v) is 19.6. The molecular formula is C24H35N3O2S. The number of carbonyl (C=O) groups is 2. The molecule has 1 saturated carbocycles. The van der Waals surface area contributed by atoms with Gasteiger partial charge >= 0.3 is 0 Å². The Balaban J connectivity index is 1.35. The highest BCUT2D eigenvalue weighted by Gasteiger charge is 2.39. The second-order valence-electron chi connectivity index (χ2n) is 9.98. The highest BCUT2D eigenvalue weighted by Crippen LogP contribution is 2.43. The molecule has 3 aliphatic rings. The quantitative estimate of drug-likeness (QED) is 0.719. The predicted octanol–water partition coefficient (Wildman–Crippen LogP) is 3.50. The number of piperazine rings is 1. The number of benzene rings is 1. The number of thioether (sulfide) groups is 1. The van der Waals surface area contributed by atoms with Crippen molar-refractivity contribution < 1.29 is 9.59 Å². The molecule has 0 bridgehead atoms. The molecule has 0 spiro atoms. The first kappa shape index (κ1) is 21.7. The summed E-state index contributed by atoms with van der Waals surface area (Å²) < 4.78 is 0. The Morgan fingerprint density at radius 1 is 1.03 bits per heavy atom. The fraction of sp³-hybridized carbons (Fsp3) is 0.667. The molecule has 2 aliphatic heterocycles. The maximum absolute atomic E-state index is 12.8. The minimum atomic E-state index is 0.00491. The molecule has 1 aliphatic carbocycles. The smallest absolute Gasteiger partial charge is 0.236 e. The summed E-state index contributed by atoms with van der Waals surface area (Å²) >= 11 is 1.75. The third-order valence-corrected chi connectivity index (χ3v) is 7.97. The second kappa shape index (κ2) is 8.54. The van der Waals surface area contributed by atoms with Crippen LogP contribution < -0.4 is 0 Å². The zero-order valence-electron chi connectivity index (χ0n) is 18.8. The monoisotopic (exact) mass is 429 g/mol. The van der Waals surface area contributed by atoms with Crippen molar-refractivity contribution in [3.05, 3.63) is 35.4 Å². The van der Waals surface area contributed by atoms with Crippen LogP contribution in [0.1, 0.15) is 57.0 Å². The molecule has 0 N–H and O–H groups in total. The standard InChI is InChI=1S/C24H35N3O2S/c1-17-21(28)27(23(30-17)19-7-9-20(10-8-19)24(2,3)4)16-13-25-11-14-26(15-12-25)22(29)18-5-6-18/h7-10,17-18,23H,5-6,11-16H2,1-4H3/t17-,23-/m0/s1. The van der Waals surface area contributed by atoms with Gasteiger partial charge in [-0.05, 0) is 36.3 Å². The Morgan fingerprint density at radius 2 is 1.67 bits per heavy atom. The lowest BCUT2D eigenvalue weighted by Crippen LogP contribution is -2.51. The highest BCUT2D eigenvalue weighted by molar-refractivity contribution is 8.01. The molecule has 2 atom stereocenters. The van der Waals surface area contributed by atoms with Crippen LogP contribution in [0.3, 0.4) is 0 Å². The number of carbonyl (C=O) groups excluding carboxylic acids is 2. The Morgan fingerprint density at radius 3 is 2.23 bits per heavy atom. The van der Waals surface area contributed by atoms with Crippen molar-refractivity contribution in [2.75, 3.05) is 39.3 Å². The van der Waals surface area contributed by atoms with Gasteiger partial charge in [0.2, 0.25) is 11.8 Å². The van der Waals surface area contributed by atoms with Gasteiger partial charge in [0.05, 0.1) is 5.25 Å². The Bertz CT molecular complexity index is 777. The molecular weight excluding hydrogens is 394 g/mol. The van der Waals surface area contributed by atoms with Crippen LogP contribution in [0.15, 0.2) is 24.3 Å². The molecule has 6 heteroatoms. The molecule has 2 saturated heterocycles. The van der Waals surface area contributed by atoms with Crippen molar-refractivity contribution in [2.45, 2.75) is 56.6 Å². The lowest BCUT2D eigenvalue weighted by atomic mass is 9.86. The van der Waals surface area contributed by atoms with Gasteiger partial charge in [0.15, 0.2) is 0 Å². The topological polar surface area (TPSA) is 43.9 Å². The maximum Gasteiger partial charge on any atom is 0.236 e. The van der Waals surface area contributed by atoms with E-state index in [2.05, 4.69) is 54.8 Å². The lowest BCUT2D eigenvalue weighted by molar-refractivity contribution is -0.134. The van der Waals surface area contributed by atoms with Gasteiger partial charge in [0.25, 0.3) is 0 Å². The van der Waals surface area contributed by atoms with Crippen LogP contribution in [0.25, 0.3) is 0 Å². The van der Waals surface area contributed by atoms with Crippen molar-refractivity contribution >= 4 is 23.6 Å². The summed E-state index contributed by atoms with van der Waals surface area (Å²) in [7, 11) is 0. The third-order valence-electron chi connectivity index (χ3n) is 6.58. The van der Waals surface area contributed by atoms with Crippen molar-refractivity contribution in [3.63, 3.8) is 0 Å². The molecule has 0 unspecified atom stereocenters. The first-order valence-electron chi connectivity index (χ1n) is 11.3. The normalized spacial score (nSPS) is 25.8. The van der Waals surface area contributed by atoms with E-state index >= 15 is 0 Å². The van der Waals surface area contributed by atoms with E-state index in [4.69, 9.17) is 0 Å². The zero-order chi connectivity index (χ0) is 21.5. The minimum Gasteiger partial charge on any atom is -0.340 e. The van der Waals surface area contributed by atoms with Gasteiger partial charge in [-0.2, -0.15) is 0 Å². The van der Waals surface area contributed by atoms with E-state index in [1.165, 1.54) is 11.1 Å². The van der Waals surface area contributed by atoms with Crippen LogP contribution in [-0.2, 0) is 15.0 Å². The van der Waals surface area contributed by atoms with Crippen molar-refractivity contribution in [1.29, 1.82) is 0 Å². The number of hydrogen-bond donors (Lipinski definition) is 0. The summed E-state index contributed by atoms with van der Waals surface area (Å²) in [4.78, 5) is 31.6. The van der Waals surface area contributed by atoms with E-state index in [-0.39, 0.29) is 21.9 Å². The maximum atomic E-state index is 12.8. The van der Waals surface area contributed by atoms with E-state index in [0.29, 0.717) is 11.8 Å². The Labute approximate surface area is 185 Å². The lowest BCUT2D eigenvalue weighted by Gasteiger charge is -2.36. The first-order chi connectivity index (χ1) is 14.2. The van der Waals surface area contributed by atoms with Gasteiger partial charge in [0.1, 0.15) is 5.37 Å². The molecule has 1 aromatic rings. The fourth-order valence-corrected chi connectivity index (χ4v) is 5.65. The van der Waals surface area contributed by atoms with Gasteiger partial charge in [0, 0.05) is 45.2 Å². The Hall–Kier alpha value is -1.53. The van der Waals surface area contributed by atoms with E-state index in [0.717, 1.165) is 52.1 Å². The summed E-state index contributed by atoms with van der Waals surface area (Å²) in [5.41, 5.74) is 2.66. The van der Waals surface area contributed by atoms with Crippen LogP contribution in [0.5, 0.6) is 0 Å². The summed E-state index contributed by atoms with van der Waals surface area (Å²) in [6, 6.07) is 8.80. The molecule has 1 aromatic carbocycles. The highest BCUT2D eigenvalue weighted by atomic mass is 32.2. The average molecular weight is 430 g/mol. The summed E-state index contributed by atoms with van der Waals surface area (Å²) in [5, 5.41) is 0.101. The number of amides is 2. The molecule has 30 heavy (non-hydrogen) atoms. The molecule has 5 nitrogen and oxygen atoms in total. The summed E-state index contributed by atoms with van der Waals surface area (Å²) in [5.74, 6) is 0.906. The molecule has 2 amide bonds. The predicted molar refractivity (Wildman–Crippen MR) is 122 cm³/mol. The fourth-order valence-electron chi connectivity index (χ4n) is 4.34. The molecule has 0 radical (unpaired) electrons. The third kappa shape index (κ3) is 4.70. The SMILES string of the molecule is C[C@@H]1S[C@@H](c2ccc(C(C)(C)C)cc2)N(CCN2CCN(C(=O)C3CC3)CC2)C1=O. The van der Waals surface area contributed by atoms with Gasteiger partial charge in [-0.25, -0.2) is 0 Å². The van der Waals surface area contributed by atoms with E-state index < -0.39 is 0 Å². The van der Waals surface area contributed by atoms with Gasteiger partial charge in [-0.3, -0.25) is 14.5 Å². The van der Waals surface area contributed by atoms with E-state index in [1.54, 1.807) is 11.8 Å². The average Bonchev–Trinajstić information content (AvgIpc) is 3.53. The molecule has 164 valence electrons. The van der Waals surface area contributed by atoms with Gasteiger partial charge in [-0.15, -0.1) is 11.8 Å². The van der Waals surface area contributed by atoms with Crippen molar-refractivity contribution in [3.8, 4) is 0 Å². The number of rotatable bonds is 5. The van der Waals surface area contributed by atoms with Crippen LogP contribution in [0.4, 0.5) is 0 Å². The number of hydrogen-bond acceptors (Lipinski definition) is 4. The molecule has 2 heterocycles. The van der Waals surface area contributed by atoms with E-state index in [9.17, 15) is 9.59 Å². The van der Waals surface area contributed by atoms with Crippen LogP contribution in [0, 0.1) is 5.92 Å². The number of nitrogens with zero attached hydrogens (tertiary/aromatic N) is 3. The van der Waals surface area contributed by atoms with Crippen LogP contribution in [-0.4, -0.2) is 71.0 Å². The van der Waals surface area contributed by atoms with Gasteiger partial charge in [-0.1, -0.05) is 45.0 Å². The summed E-state index contributed by atoms with van der Waals surface area (Å²) in [6.07, 6.45) is 2.15. The van der Waals surface area contributed by atoms with Crippen LogP contribution >= 0.6 is 11.8 Å². The second-order valence-corrected chi connectivity index (χ2v) is 11.4. The largest absolute Gasteiger partial charge is 0.340 e. The van der Waals surface area contributed by atoms with Gasteiger partial charge < -0.3 is 9.80 Å². The Kier molecular flexibility index (Phi) is 6.18. The molecule has 3 fully saturated rings. The first-order valence-corrected chi connectivity index (χ1v) is 12.3. The van der Waals surface area contributed by atoms with Crippen LogP contribution in [0.2, 0.25) is 0 Å². The van der Waals surface area contributed by atoms with Crippen molar-refractivity contribution in [1.82, 2.24) is 14.7 Å². The van der Waals surface area contributed by atoms with Crippen molar-refractivity contribution in [2.24, 2.45) is 5.92 Å². The molecule has 0 aromatic heterocycles. The summed E-state index contributed by atoms with van der Waals surface area (Å²) in [6.45, 7) is 13.8. The minimum absolute atomic E-state index is 0.00491. The molecule has 4 rings (SSSR count). The van der Waals surface area contributed by atoms with E-state index in [1.807, 2.05) is 11.8 Å².